The van der Waals surface area contributed by atoms with Crippen LogP contribution in [0.1, 0.15) is 61.3 Å². The molecule has 0 aromatic heterocycles. The average Bonchev–Trinajstić information content (AvgIpc) is 2.89. The minimum atomic E-state index is -0.826. The molecule has 3 nitrogen and oxygen atoms in total. The zero-order chi connectivity index (χ0) is 24.4. The Hall–Kier alpha value is -1.61. The Morgan fingerprint density at radius 1 is 0.941 bits per heavy atom. The Morgan fingerprint density at radius 3 is 1.97 bits per heavy atom. The number of methoxy groups -OCH3 is 1. The number of aliphatic imine (C=N–C) groups is 1. The van der Waals surface area contributed by atoms with Crippen molar-refractivity contribution in [1.82, 2.24) is 0 Å². The third-order valence-electron chi connectivity index (χ3n) is 6.59. The van der Waals surface area contributed by atoms with Gasteiger partial charge in [0.25, 0.3) is 0 Å². The van der Waals surface area contributed by atoms with Crippen LogP contribution in [-0.4, -0.2) is 24.5 Å². The van der Waals surface area contributed by atoms with Crippen molar-refractivity contribution in [3.63, 3.8) is 0 Å². The van der Waals surface area contributed by atoms with Gasteiger partial charge in [0.15, 0.2) is 0 Å². The molecule has 6 heteroatoms. The number of aromatic hydroxyl groups is 1. The van der Waals surface area contributed by atoms with Gasteiger partial charge in [-0.25, -0.2) is 0 Å². The van der Waals surface area contributed by atoms with E-state index < -0.39 is 26.3 Å². The molecular weight excluding hydrogens is 544 g/mol. The second kappa shape index (κ2) is 13.5. The number of hydrogen-bond donors (Lipinski definition) is 1. The fourth-order valence-corrected chi connectivity index (χ4v) is 4.66. The topological polar surface area (TPSA) is 41.8 Å². The zero-order valence-corrected chi connectivity index (χ0v) is 23.6. The van der Waals surface area contributed by atoms with Gasteiger partial charge in [-0.2, -0.15) is 0 Å². The molecule has 178 valence electrons. The summed E-state index contributed by atoms with van der Waals surface area (Å²) < 4.78 is 5.64. The van der Waals surface area contributed by atoms with E-state index in [1.54, 1.807) is 7.11 Å². The minimum absolute atomic E-state index is 0.260. The molecular formula is C28H31Cl2NO2Zr. The number of benzene rings is 3. The predicted octanol–water partition coefficient (Wildman–Crippen LogP) is 7.88. The number of phenols is 1. The van der Waals surface area contributed by atoms with E-state index in [9.17, 15) is 5.11 Å². The molecule has 0 aliphatic heterocycles. The molecule has 0 amide bonds. The Balaban J connectivity index is 0.00000103. The molecule has 1 fully saturated rings. The van der Waals surface area contributed by atoms with Gasteiger partial charge in [0.05, 0.1) is 7.11 Å². The first-order valence-corrected chi connectivity index (χ1v) is 17.9. The van der Waals surface area contributed by atoms with Crippen molar-refractivity contribution in [3.8, 4) is 11.5 Å². The second-order valence-corrected chi connectivity index (χ2v) is 12.3. The number of halogens is 2. The SMILES string of the molecule is COc1cc(C=NC2CCCCC2)c(O)c(C(C)(c2ccccc2)c2ccccc2)c1.[Cl][Zr][Cl]. The predicted molar refractivity (Wildman–Crippen MR) is 139 cm³/mol. The molecule has 0 saturated heterocycles. The van der Waals surface area contributed by atoms with Crippen LogP contribution in [0, 0.1) is 0 Å². The van der Waals surface area contributed by atoms with Gasteiger partial charge in [-0.15, -0.1) is 0 Å². The molecule has 1 saturated carbocycles. The van der Waals surface area contributed by atoms with Gasteiger partial charge in [0.2, 0.25) is 0 Å². The van der Waals surface area contributed by atoms with E-state index in [-0.39, 0.29) is 5.75 Å². The fraction of sp³-hybridized carbons (Fsp3) is 0.321. The quantitative estimate of drug-likeness (QED) is 0.240. The summed E-state index contributed by atoms with van der Waals surface area (Å²) in [6.07, 6.45) is 7.86. The van der Waals surface area contributed by atoms with Crippen molar-refractivity contribution >= 4 is 23.2 Å². The first kappa shape index (κ1) is 27.0. The molecule has 0 unspecified atom stereocenters. The first-order chi connectivity index (χ1) is 16.5. The number of hydrogen-bond acceptors (Lipinski definition) is 3. The molecule has 4 rings (SSSR count). The molecule has 1 aliphatic rings. The second-order valence-electron chi connectivity index (χ2n) is 8.61. The standard InChI is InChI=1S/C28H31NO2.2ClH.Zr/c1-28(22-12-6-3-7-13-22,23-14-8-4-9-15-23)26-19-25(31-2)18-21(27(26)30)20-29-24-16-10-5-11-17-24;;;/h3-4,6-9,12-15,18-20,24,30H,5,10-11,16-17H2,1-2H3;2*1H;/q;;;+2/p-2. The van der Waals surface area contributed by atoms with Gasteiger partial charge in [-0.1, -0.05) is 79.9 Å². The molecule has 34 heavy (non-hydrogen) atoms. The van der Waals surface area contributed by atoms with E-state index in [1.807, 2.05) is 54.7 Å². The Labute approximate surface area is 221 Å². The molecule has 1 N–H and O–H groups in total. The van der Waals surface area contributed by atoms with Gasteiger partial charge >= 0.3 is 37.9 Å². The van der Waals surface area contributed by atoms with Crippen LogP contribution < -0.4 is 4.74 Å². The Morgan fingerprint density at radius 2 is 1.47 bits per heavy atom. The van der Waals surface area contributed by atoms with Gasteiger partial charge < -0.3 is 9.84 Å². The summed E-state index contributed by atoms with van der Waals surface area (Å²) in [6, 6.07) is 24.8. The van der Waals surface area contributed by atoms with E-state index in [4.69, 9.17) is 26.8 Å². The molecule has 1 aliphatic carbocycles. The van der Waals surface area contributed by atoms with Crippen LogP contribution in [0.2, 0.25) is 0 Å². The van der Waals surface area contributed by atoms with E-state index in [1.165, 1.54) is 19.3 Å². The zero-order valence-electron chi connectivity index (χ0n) is 19.7. The first-order valence-electron chi connectivity index (χ1n) is 11.6. The summed E-state index contributed by atoms with van der Waals surface area (Å²) in [4.78, 5) is 4.82. The monoisotopic (exact) mass is 573 g/mol. The van der Waals surface area contributed by atoms with Gasteiger partial charge in [-0.3, -0.25) is 4.99 Å². The normalized spacial score (nSPS) is 14.4. The molecule has 0 spiro atoms. The van der Waals surface area contributed by atoms with Crippen LogP contribution >= 0.6 is 17.0 Å². The van der Waals surface area contributed by atoms with Gasteiger partial charge in [0.1, 0.15) is 11.5 Å². The van der Waals surface area contributed by atoms with Crippen LogP contribution in [0.4, 0.5) is 0 Å². The molecule has 0 bridgehead atoms. The molecule has 0 radical (unpaired) electrons. The summed E-state index contributed by atoms with van der Waals surface area (Å²) in [6.45, 7) is 2.16. The number of ether oxygens (including phenoxy) is 1. The Kier molecular flexibility index (Phi) is 10.7. The summed E-state index contributed by atoms with van der Waals surface area (Å²) in [5.41, 5.74) is 3.20. The average molecular weight is 576 g/mol. The van der Waals surface area contributed by atoms with Crippen molar-refractivity contribution in [2.24, 2.45) is 4.99 Å². The van der Waals surface area contributed by atoms with E-state index >= 15 is 0 Å². The Bertz CT molecular complexity index is 1020. The molecule has 3 aromatic carbocycles. The van der Waals surface area contributed by atoms with Crippen LogP contribution in [0.15, 0.2) is 77.8 Å². The molecule has 0 heterocycles. The van der Waals surface area contributed by atoms with Crippen molar-refractivity contribution < 1.29 is 30.7 Å². The van der Waals surface area contributed by atoms with Crippen LogP contribution in [-0.2, 0) is 26.3 Å². The maximum atomic E-state index is 11.4. The third kappa shape index (κ3) is 6.53. The van der Waals surface area contributed by atoms with Crippen molar-refractivity contribution in [3.05, 3.63) is 95.1 Å². The molecule has 3 aromatic rings. The van der Waals surface area contributed by atoms with E-state index in [0.29, 0.717) is 11.6 Å². The summed E-state index contributed by atoms with van der Waals surface area (Å²) in [5, 5.41) is 11.4. The van der Waals surface area contributed by atoms with E-state index in [2.05, 4.69) is 31.2 Å². The van der Waals surface area contributed by atoms with Crippen molar-refractivity contribution in [2.45, 2.75) is 50.5 Å². The maximum absolute atomic E-state index is 11.4. The van der Waals surface area contributed by atoms with E-state index in [0.717, 1.165) is 35.3 Å². The fourth-order valence-electron chi connectivity index (χ4n) is 4.66. The van der Waals surface area contributed by atoms with Crippen molar-refractivity contribution in [1.29, 1.82) is 0 Å². The number of nitrogens with zero attached hydrogens (tertiary/aromatic N) is 1. The summed E-state index contributed by atoms with van der Waals surface area (Å²) in [7, 11) is 11.5. The summed E-state index contributed by atoms with van der Waals surface area (Å²) >= 11 is -0.826. The van der Waals surface area contributed by atoms with Crippen LogP contribution in [0.3, 0.4) is 0 Å². The third-order valence-corrected chi connectivity index (χ3v) is 6.59. The summed E-state index contributed by atoms with van der Waals surface area (Å²) in [5.74, 6) is 0.978. The van der Waals surface area contributed by atoms with Crippen LogP contribution in [0.25, 0.3) is 0 Å². The van der Waals surface area contributed by atoms with Crippen LogP contribution in [0.5, 0.6) is 11.5 Å². The van der Waals surface area contributed by atoms with Gasteiger partial charge in [-0.05, 0) is 43.0 Å². The number of rotatable bonds is 6. The van der Waals surface area contributed by atoms with Gasteiger partial charge in [0, 0.05) is 28.8 Å². The van der Waals surface area contributed by atoms with Crippen molar-refractivity contribution in [2.75, 3.05) is 7.11 Å². The number of phenolic OH excluding ortho intramolecular Hbond substituents is 1. The molecule has 0 atom stereocenters.